The van der Waals surface area contributed by atoms with Gasteiger partial charge in [0.15, 0.2) is 0 Å². The summed E-state index contributed by atoms with van der Waals surface area (Å²) in [6.45, 7) is 8.90. The van der Waals surface area contributed by atoms with Gasteiger partial charge in [-0.25, -0.2) is 0 Å². The Morgan fingerprint density at radius 2 is 1.86 bits per heavy atom. The first-order valence-electron chi connectivity index (χ1n) is 8.10. The number of piperidine rings is 1. The number of hydrogen-bond acceptors (Lipinski definition) is 6. The van der Waals surface area contributed by atoms with Crippen molar-refractivity contribution in [1.82, 2.24) is 15.1 Å². The number of carbonyl (C=O) groups is 1. The van der Waals surface area contributed by atoms with E-state index in [1.165, 1.54) is 0 Å². The maximum atomic E-state index is 12.5. The summed E-state index contributed by atoms with van der Waals surface area (Å²) in [5.74, 6) is 0.890. The fourth-order valence-electron chi connectivity index (χ4n) is 2.95. The van der Waals surface area contributed by atoms with Gasteiger partial charge in [0.05, 0.1) is 13.2 Å². The Morgan fingerprint density at radius 3 is 2.45 bits per heavy atom. The van der Waals surface area contributed by atoms with Crippen molar-refractivity contribution in [3.8, 4) is 0 Å². The number of amides is 1. The van der Waals surface area contributed by atoms with E-state index in [1.807, 2.05) is 4.90 Å². The summed E-state index contributed by atoms with van der Waals surface area (Å²) in [5, 5.41) is 10.6. The van der Waals surface area contributed by atoms with Crippen molar-refractivity contribution in [3.63, 3.8) is 0 Å². The van der Waals surface area contributed by atoms with Crippen LogP contribution < -0.4 is 4.90 Å². The van der Waals surface area contributed by atoms with Crippen LogP contribution in [0.2, 0.25) is 0 Å². The molecule has 0 N–H and O–H groups in total. The summed E-state index contributed by atoms with van der Waals surface area (Å²) in [7, 11) is 0. The Bertz CT molecular complexity index is 505. The number of rotatable bonds is 3. The zero-order valence-electron chi connectivity index (χ0n) is 13.3. The molecule has 1 aromatic heterocycles. The molecule has 0 atom stereocenters. The van der Waals surface area contributed by atoms with Gasteiger partial charge in [-0.05, 0) is 12.8 Å². The molecule has 3 rings (SSSR count). The fourth-order valence-corrected chi connectivity index (χ4v) is 3.84. The van der Waals surface area contributed by atoms with Crippen LogP contribution in [0.15, 0.2) is 0 Å². The molecule has 2 fully saturated rings. The van der Waals surface area contributed by atoms with Crippen LogP contribution in [0.1, 0.15) is 37.6 Å². The molecule has 7 heteroatoms. The maximum absolute atomic E-state index is 12.5. The Hall–Kier alpha value is -1.21. The maximum Gasteiger partial charge on any atom is 0.225 e. The monoisotopic (exact) mass is 324 g/mol. The molecular weight excluding hydrogens is 300 g/mol. The highest BCUT2D eigenvalue weighted by atomic mass is 32.1. The largest absolute Gasteiger partial charge is 0.378 e. The van der Waals surface area contributed by atoms with Crippen molar-refractivity contribution in [2.45, 2.75) is 32.6 Å². The van der Waals surface area contributed by atoms with Crippen LogP contribution >= 0.6 is 11.3 Å². The van der Waals surface area contributed by atoms with Crippen molar-refractivity contribution < 1.29 is 9.53 Å². The number of ether oxygens (including phenoxy) is 1. The van der Waals surface area contributed by atoms with Crippen molar-refractivity contribution >= 4 is 22.4 Å². The topological polar surface area (TPSA) is 58.6 Å². The van der Waals surface area contributed by atoms with E-state index < -0.39 is 0 Å². The molecule has 0 aromatic carbocycles. The summed E-state index contributed by atoms with van der Waals surface area (Å²) in [6.07, 6.45) is 1.82. The van der Waals surface area contributed by atoms with E-state index in [-0.39, 0.29) is 5.92 Å². The van der Waals surface area contributed by atoms with Crippen LogP contribution in [-0.2, 0) is 9.53 Å². The summed E-state index contributed by atoms with van der Waals surface area (Å²) in [6, 6.07) is 0. The fraction of sp³-hybridized carbons (Fsp3) is 0.800. The average molecular weight is 324 g/mol. The van der Waals surface area contributed by atoms with Crippen LogP contribution in [-0.4, -0.2) is 60.4 Å². The van der Waals surface area contributed by atoms with Crippen LogP contribution in [0.4, 0.5) is 5.13 Å². The SMILES string of the molecule is CC(C)c1nnc(N2CCC(C(=O)N3CCOCC3)CC2)s1. The van der Waals surface area contributed by atoms with Gasteiger partial charge in [0.25, 0.3) is 0 Å². The molecule has 0 aliphatic carbocycles. The van der Waals surface area contributed by atoms with E-state index in [1.54, 1.807) is 11.3 Å². The zero-order chi connectivity index (χ0) is 15.5. The van der Waals surface area contributed by atoms with E-state index in [0.29, 0.717) is 25.0 Å². The molecule has 2 saturated heterocycles. The Balaban J connectivity index is 1.54. The number of nitrogens with zero attached hydrogens (tertiary/aromatic N) is 4. The molecular formula is C15H24N4O2S. The first-order chi connectivity index (χ1) is 10.6. The lowest BCUT2D eigenvalue weighted by molar-refractivity contribution is -0.140. The summed E-state index contributed by atoms with van der Waals surface area (Å²) >= 11 is 1.68. The van der Waals surface area contributed by atoms with E-state index in [9.17, 15) is 4.79 Å². The molecule has 2 aliphatic rings. The van der Waals surface area contributed by atoms with Crippen molar-refractivity contribution in [2.24, 2.45) is 5.92 Å². The summed E-state index contributed by atoms with van der Waals surface area (Å²) < 4.78 is 5.32. The van der Waals surface area contributed by atoms with Gasteiger partial charge in [0.1, 0.15) is 5.01 Å². The number of aromatic nitrogens is 2. The number of anilines is 1. The van der Waals surface area contributed by atoms with Crippen LogP contribution in [0.25, 0.3) is 0 Å². The summed E-state index contributed by atoms with van der Waals surface area (Å²) in [4.78, 5) is 16.8. The van der Waals surface area contributed by atoms with Gasteiger partial charge in [-0.15, -0.1) is 10.2 Å². The molecule has 1 aromatic rings. The smallest absolute Gasteiger partial charge is 0.225 e. The van der Waals surface area contributed by atoms with Gasteiger partial charge in [0.2, 0.25) is 11.0 Å². The lowest BCUT2D eigenvalue weighted by atomic mass is 9.95. The second-order valence-corrected chi connectivity index (χ2v) is 7.26. The summed E-state index contributed by atoms with van der Waals surface area (Å²) in [5.41, 5.74) is 0. The van der Waals surface area contributed by atoms with E-state index in [4.69, 9.17) is 4.74 Å². The zero-order valence-corrected chi connectivity index (χ0v) is 14.1. The van der Waals surface area contributed by atoms with Gasteiger partial charge in [-0.1, -0.05) is 25.2 Å². The third kappa shape index (κ3) is 3.41. The molecule has 0 spiro atoms. The van der Waals surface area contributed by atoms with Gasteiger partial charge in [-0.3, -0.25) is 4.79 Å². The van der Waals surface area contributed by atoms with Crippen LogP contribution in [0, 0.1) is 5.92 Å². The molecule has 0 saturated carbocycles. The third-order valence-electron chi connectivity index (χ3n) is 4.36. The molecule has 2 aliphatic heterocycles. The lowest BCUT2D eigenvalue weighted by Gasteiger charge is -2.35. The number of hydrogen-bond donors (Lipinski definition) is 0. The van der Waals surface area contributed by atoms with Gasteiger partial charge in [0, 0.05) is 38.0 Å². The van der Waals surface area contributed by atoms with Crippen LogP contribution in [0.5, 0.6) is 0 Å². The Labute approximate surface area is 135 Å². The minimum absolute atomic E-state index is 0.159. The lowest BCUT2D eigenvalue weighted by Crippen LogP contribution is -2.46. The molecule has 22 heavy (non-hydrogen) atoms. The normalized spacial score (nSPS) is 20.7. The second-order valence-electron chi connectivity index (χ2n) is 6.28. The molecule has 0 unspecified atom stereocenters. The first-order valence-corrected chi connectivity index (χ1v) is 8.91. The van der Waals surface area contributed by atoms with E-state index in [0.717, 1.165) is 49.2 Å². The predicted octanol–water partition coefficient (Wildman–Crippen LogP) is 1.74. The molecule has 6 nitrogen and oxygen atoms in total. The minimum atomic E-state index is 0.159. The van der Waals surface area contributed by atoms with Crippen LogP contribution in [0.3, 0.4) is 0 Å². The van der Waals surface area contributed by atoms with Crippen molar-refractivity contribution in [3.05, 3.63) is 5.01 Å². The highest BCUT2D eigenvalue weighted by molar-refractivity contribution is 7.15. The highest BCUT2D eigenvalue weighted by Crippen LogP contribution is 2.29. The third-order valence-corrected chi connectivity index (χ3v) is 5.65. The second kappa shape index (κ2) is 6.91. The minimum Gasteiger partial charge on any atom is -0.378 e. The Kier molecular flexibility index (Phi) is 4.93. The van der Waals surface area contributed by atoms with E-state index >= 15 is 0 Å². The van der Waals surface area contributed by atoms with Gasteiger partial charge < -0.3 is 14.5 Å². The average Bonchev–Trinajstić information content (AvgIpc) is 3.05. The Morgan fingerprint density at radius 1 is 1.18 bits per heavy atom. The van der Waals surface area contributed by atoms with Crippen molar-refractivity contribution in [1.29, 1.82) is 0 Å². The van der Waals surface area contributed by atoms with Gasteiger partial charge in [-0.2, -0.15) is 0 Å². The molecule has 3 heterocycles. The molecule has 122 valence electrons. The molecule has 0 radical (unpaired) electrons. The molecule has 0 bridgehead atoms. The standard InChI is InChI=1S/C15H24N4O2S/c1-11(2)13-16-17-15(22-13)19-5-3-12(4-6-19)14(20)18-7-9-21-10-8-18/h11-12H,3-10H2,1-2H3. The van der Waals surface area contributed by atoms with Crippen molar-refractivity contribution in [2.75, 3.05) is 44.3 Å². The first kappa shape index (κ1) is 15.7. The van der Waals surface area contributed by atoms with E-state index in [2.05, 4.69) is 28.9 Å². The van der Waals surface area contributed by atoms with Gasteiger partial charge >= 0.3 is 0 Å². The quantitative estimate of drug-likeness (QED) is 0.847. The molecule has 1 amide bonds. The predicted molar refractivity (Wildman–Crippen MR) is 86.3 cm³/mol. The highest BCUT2D eigenvalue weighted by Gasteiger charge is 2.30. The number of morpholine rings is 1. The number of carbonyl (C=O) groups excluding carboxylic acids is 1.